The molecule has 2 unspecified atom stereocenters. The second kappa shape index (κ2) is 8.37. The van der Waals surface area contributed by atoms with E-state index in [0.29, 0.717) is 18.4 Å². The summed E-state index contributed by atoms with van der Waals surface area (Å²) in [6, 6.07) is 5.29. The van der Waals surface area contributed by atoms with E-state index in [1.165, 1.54) is 25.7 Å². The average Bonchev–Trinajstić information content (AvgIpc) is 2.80. The minimum Gasteiger partial charge on any atom is -0.370 e. The fourth-order valence-electron chi connectivity index (χ4n) is 4.05. The van der Waals surface area contributed by atoms with Gasteiger partial charge in [-0.3, -0.25) is 9.89 Å². The molecule has 2 fully saturated rings. The van der Waals surface area contributed by atoms with E-state index in [9.17, 15) is 4.39 Å². The van der Waals surface area contributed by atoms with E-state index >= 15 is 0 Å². The van der Waals surface area contributed by atoms with Crippen LogP contribution in [0.15, 0.2) is 23.2 Å². The molecule has 2 heterocycles. The van der Waals surface area contributed by atoms with Crippen molar-refractivity contribution in [1.29, 1.82) is 0 Å². The first-order valence-corrected chi connectivity index (χ1v) is 9.64. The van der Waals surface area contributed by atoms with Gasteiger partial charge in [0.25, 0.3) is 0 Å². The molecule has 2 aliphatic heterocycles. The van der Waals surface area contributed by atoms with E-state index in [1.54, 1.807) is 12.1 Å². The van der Waals surface area contributed by atoms with Crippen LogP contribution >= 0.6 is 11.6 Å². The molecule has 2 saturated heterocycles. The van der Waals surface area contributed by atoms with Gasteiger partial charge in [0.2, 0.25) is 0 Å². The Morgan fingerprint density at radius 3 is 2.64 bits per heavy atom. The summed E-state index contributed by atoms with van der Waals surface area (Å²) in [5, 5.41) is 0.171. The fraction of sp³-hybridized carbons (Fsp3) is 0.632. The Bertz CT molecular complexity index is 613. The second-order valence-corrected chi connectivity index (χ2v) is 7.66. The van der Waals surface area contributed by atoms with Gasteiger partial charge in [0, 0.05) is 25.7 Å². The summed E-state index contributed by atoms with van der Waals surface area (Å²) in [5.74, 6) is 0.652. The molecule has 0 radical (unpaired) electrons. The van der Waals surface area contributed by atoms with Crippen molar-refractivity contribution < 1.29 is 4.39 Å². The molecule has 1 aromatic rings. The molecule has 0 spiro atoms. The Morgan fingerprint density at radius 2 is 1.96 bits per heavy atom. The van der Waals surface area contributed by atoms with Crippen molar-refractivity contribution in [3.05, 3.63) is 34.6 Å². The van der Waals surface area contributed by atoms with Gasteiger partial charge in [-0.05, 0) is 56.5 Å². The number of hydrogen-bond donors (Lipinski definition) is 1. The molecule has 0 aromatic heterocycles. The molecule has 1 aromatic carbocycles. The van der Waals surface area contributed by atoms with Gasteiger partial charge in [0.1, 0.15) is 5.82 Å². The van der Waals surface area contributed by atoms with Crippen LogP contribution in [0.1, 0.15) is 43.7 Å². The largest absolute Gasteiger partial charge is 0.370 e. The fourth-order valence-corrected chi connectivity index (χ4v) is 4.17. The molecular formula is C19H28ClFN4. The van der Waals surface area contributed by atoms with Crippen LogP contribution in [0.4, 0.5) is 4.39 Å². The van der Waals surface area contributed by atoms with Crippen LogP contribution in [0.3, 0.4) is 0 Å². The van der Waals surface area contributed by atoms with E-state index < -0.39 is 0 Å². The number of likely N-dealkylation sites (tertiary alicyclic amines) is 2. The number of benzene rings is 1. The molecule has 3 rings (SSSR count). The number of guanidine groups is 1. The van der Waals surface area contributed by atoms with Crippen molar-refractivity contribution in [2.45, 2.75) is 38.1 Å². The van der Waals surface area contributed by atoms with Gasteiger partial charge in [-0.1, -0.05) is 30.5 Å². The first kappa shape index (κ1) is 18.5. The van der Waals surface area contributed by atoms with Crippen molar-refractivity contribution >= 4 is 17.6 Å². The predicted octanol–water partition coefficient (Wildman–Crippen LogP) is 3.66. The Hall–Kier alpha value is -1.33. The molecule has 0 bridgehead atoms. The lowest BCUT2D eigenvalue weighted by Crippen LogP contribution is -2.38. The van der Waals surface area contributed by atoms with Gasteiger partial charge in [0.05, 0.1) is 5.02 Å². The molecule has 4 nitrogen and oxygen atoms in total. The Morgan fingerprint density at radius 1 is 1.24 bits per heavy atom. The number of hydrogen-bond acceptors (Lipinski definition) is 2. The van der Waals surface area contributed by atoms with Gasteiger partial charge in [0.15, 0.2) is 5.96 Å². The number of nitrogens with two attached hydrogens (primary N) is 1. The quantitative estimate of drug-likeness (QED) is 0.655. The van der Waals surface area contributed by atoms with Crippen LogP contribution in [0, 0.1) is 11.7 Å². The maximum absolute atomic E-state index is 13.9. The summed E-state index contributed by atoms with van der Waals surface area (Å²) >= 11 is 5.83. The summed E-state index contributed by atoms with van der Waals surface area (Å²) < 4.78 is 13.9. The highest BCUT2D eigenvalue weighted by Crippen LogP contribution is 2.37. The SMILES string of the molecule is CN1CCC(CN=C(N)N2CCCCCC2)C1c1ccc(Cl)c(F)c1. The molecule has 25 heavy (non-hydrogen) atoms. The van der Waals surface area contributed by atoms with Crippen molar-refractivity contribution in [1.82, 2.24) is 9.80 Å². The third-order valence-electron chi connectivity index (χ3n) is 5.48. The number of nitrogens with zero attached hydrogens (tertiary/aromatic N) is 3. The molecule has 2 N–H and O–H groups in total. The van der Waals surface area contributed by atoms with Crippen molar-refractivity contribution in [3.8, 4) is 0 Å². The molecule has 0 saturated carbocycles. The van der Waals surface area contributed by atoms with Crippen LogP contribution in [-0.2, 0) is 0 Å². The Labute approximate surface area is 154 Å². The molecular weight excluding hydrogens is 339 g/mol. The number of halogens is 2. The van der Waals surface area contributed by atoms with Crippen LogP contribution < -0.4 is 5.73 Å². The van der Waals surface area contributed by atoms with Crippen molar-refractivity contribution in [3.63, 3.8) is 0 Å². The molecule has 2 atom stereocenters. The Balaban J connectivity index is 1.69. The third-order valence-corrected chi connectivity index (χ3v) is 5.78. The minimum atomic E-state index is -0.356. The van der Waals surface area contributed by atoms with E-state index in [-0.39, 0.29) is 16.9 Å². The van der Waals surface area contributed by atoms with Gasteiger partial charge >= 0.3 is 0 Å². The van der Waals surface area contributed by atoms with Crippen LogP contribution in [0.5, 0.6) is 0 Å². The van der Waals surface area contributed by atoms with Gasteiger partial charge < -0.3 is 10.6 Å². The van der Waals surface area contributed by atoms with E-state index in [1.807, 2.05) is 6.07 Å². The topological polar surface area (TPSA) is 44.9 Å². The molecule has 138 valence electrons. The summed E-state index contributed by atoms with van der Waals surface area (Å²) in [6.45, 7) is 3.68. The first-order valence-electron chi connectivity index (χ1n) is 9.26. The van der Waals surface area contributed by atoms with E-state index in [4.69, 9.17) is 22.3 Å². The Kier molecular flexibility index (Phi) is 6.18. The minimum absolute atomic E-state index is 0.160. The lowest BCUT2D eigenvalue weighted by molar-refractivity contribution is 0.278. The van der Waals surface area contributed by atoms with Gasteiger partial charge in [-0.25, -0.2) is 4.39 Å². The monoisotopic (exact) mass is 366 g/mol. The van der Waals surface area contributed by atoms with Crippen molar-refractivity contribution in [2.24, 2.45) is 16.6 Å². The van der Waals surface area contributed by atoms with Crippen LogP contribution in [0.2, 0.25) is 5.02 Å². The first-order chi connectivity index (χ1) is 12.1. The summed E-state index contributed by atoms with van der Waals surface area (Å²) in [6.07, 6.45) is 5.98. The third kappa shape index (κ3) is 4.45. The second-order valence-electron chi connectivity index (χ2n) is 7.25. The van der Waals surface area contributed by atoms with Crippen LogP contribution in [-0.4, -0.2) is 49.0 Å². The van der Waals surface area contributed by atoms with Gasteiger partial charge in [-0.15, -0.1) is 0 Å². The highest BCUT2D eigenvalue weighted by molar-refractivity contribution is 6.30. The summed E-state index contributed by atoms with van der Waals surface area (Å²) in [5.41, 5.74) is 7.21. The average molecular weight is 367 g/mol. The molecule has 2 aliphatic rings. The van der Waals surface area contributed by atoms with Crippen molar-refractivity contribution in [2.75, 3.05) is 33.2 Å². The molecule has 6 heteroatoms. The summed E-state index contributed by atoms with van der Waals surface area (Å²) in [7, 11) is 2.08. The zero-order valence-corrected chi connectivity index (χ0v) is 15.7. The maximum Gasteiger partial charge on any atom is 0.191 e. The predicted molar refractivity (Wildman–Crippen MR) is 101 cm³/mol. The molecule has 0 amide bonds. The van der Waals surface area contributed by atoms with Crippen LogP contribution in [0.25, 0.3) is 0 Å². The smallest absolute Gasteiger partial charge is 0.191 e. The zero-order chi connectivity index (χ0) is 17.8. The van der Waals surface area contributed by atoms with E-state index in [0.717, 1.165) is 31.6 Å². The standard InChI is InChI=1S/C19H28ClFN4/c1-24-11-8-15(18(24)14-6-7-16(20)17(21)12-14)13-23-19(22)25-9-4-2-3-5-10-25/h6-7,12,15,18H,2-5,8-11,13H2,1H3,(H2,22,23). The highest BCUT2D eigenvalue weighted by atomic mass is 35.5. The lowest BCUT2D eigenvalue weighted by Gasteiger charge is -2.26. The maximum atomic E-state index is 13.9. The zero-order valence-electron chi connectivity index (χ0n) is 14.9. The summed E-state index contributed by atoms with van der Waals surface area (Å²) in [4.78, 5) is 9.18. The normalized spacial score (nSPS) is 26.0. The van der Waals surface area contributed by atoms with Gasteiger partial charge in [-0.2, -0.15) is 0 Å². The molecule has 0 aliphatic carbocycles. The number of rotatable bonds is 3. The lowest BCUT2D eigenvalue weighted by atomic mass is 9.94. The number of aliphatic imine (C=N–C) groups is 1. The highest BCUT2D eigenvalue weighted by Gasteiger charge is 2.33. The van der Waals surface area contributed by atoms with E-state index in [2.05, 4.69) is 16.8 Å².